The zero-order chi connectivity index (χ0) is 23.7. The van der Waals surface area contributed by atoms with E-state index >= 15 is 0 Å². The molecule has 2 amide bonds. The van der Waals surface area contributed by atoms with Crippen molar-refractivity contribution in [1.29, 1.82) is 0 Å². The van der Waals surface area contributed by atoms with E-state index in [9.17, 15) is 9.59 Å². The summed E-state index contributed by atoms with van der Waals surface area (Å²) < 4.78 is 26.7. The lowest BCUT2D eigenvalue weighted by atomic mass is 10.3. The Hall–Kier alpha value is -3.14. The number of carbonyl (C=O) groups excluding carboxylic acids is 2. The highest BCUT2D eigenvalue weighted by molar-refractivity contribution is 5.92. The molecule has 0 unspecified atom stereocenters. The van der Waals surface area contributed by atoms with Crippen molar-refractivity contribution >= 4 is 23.2 Å². The molecule has 2 aromatic rings. The molecule has 0 bridgehead atoms. The molecule has 0 fully saturated rings. The van der Waals surface area contributed by atoms with Gasteiger partial charge in [0.15, 0.2) is 0 Å². The summed E-state index contributed by atoms with van der Waals surface area (Å²) in [5, 5.41) is 5.48. The maximum absolute atomic E-state index is 11.9. The Bertz CT molecular complexity index is 756. The second-order valence-electron chi connectivity index (χ2n) is 6.73. The molecule has 2 rings (SSSR count). The molecule has 0 spiro atoms. The summed E-state index contributed by atoms with van der Waals surface area (Å²) in [6, 6.07) is 14.2. The molecule has 0 heterocycles. The Morgan fingerprint density at radius 3 is 1.33 bits per heavy atom. The fraction of sp³-hybridized carbons (Fsp3) is 0.417. The van der Waals surface area contributed by atoms with Crippen LogP contribution in [0.2, 0.25) is 0 Å². The van der Waals surface area contributed by atoms with Gasteiger partial charge >= 0.3 is 0 Å². The van der Waals surface area contributed by atoms with Gasteiger partial charge in [-0.2, -0.15) is 0 Å². The molecule has 9 heteroatoms. The average molecular weight is 461 g/mol. The molecule has 33 heavy (non-hydrogen) atoms. The second kappa shape index (κ2) is 15.6. The van der Waals surface area contributed by atoms with Crippen molar-refractivity contribution in [3.8, 4) is 11.5 Å². The maximum Gasteiger partial charge on any atom is 0.250 e. The highest BCUT2D eigenvalue weighted by Crippen LogP contribution is 2.16. The van der Waals surface area contributed by atoms with Gasteiger partial charge in [-0.15, -0.1) is 0 Å². The predicted octanol–water partition coefficient (Wildman–Crippen LogP) is 3.11. The number of hydrogen-bond donors (Lipinski definition) is 2. The van der Waals surface area contributed by atoms with Crippen LogP contribution in [-0.4, -0.2) is 64.7 Å². The summed E-state index contributed by atoms with van der Waals surface area (Å²) in [5.41, 5.74) is 1.35. The topological polar surface area (TPSA) is 104 Å². The fourth-order valence-electron chi connectivity index (χ4n) is 2.66. The maximum atomic E-state index is 11.9. The Morgan fingerprint density at radius 2 is 0.970 bits per heavy atom. The van der Waals surface area contributed by atoms with Crippen LogP contribution in [0.4, 0.5) is 11.4 Å². The van der Waals surface area contributed by atoms with Gasteiger partial charge < -0.3 is 34.3 Å². The molecule has 0 aromatic heterocycles. The quantitative estimate of drug-likeness (QED) is 0.371. The molecule has 0 aliphatic heterocycles. The van der Waals surface area contributed by atoms with Crippen LogP contribution in [0.1, 0.15) is 13.8 Å². The Kier molecular flexibility index (Phi) is 12.4. The van der Waals surface area contributed by atoms with Crippen molar-refractivity contribution < 1.29 is 33.3 Å². The number of anilines is 2. The molecule has 0 atom stereocenters. The molecule has 0 aliphatic rings. The van der Waals surface area contributed by atoms with E-state index in [1.165, 1.54) is 0 Å². The first-order chi connectivity index (χ1) is 16.1. The van der Waals surface area contributed by atoms with Gasteiger partial charge in [-0.25, -0.2) is 0 Å². The van der Waals surface area contributed by atoms with Crippen molar-refractivity contribution in [1.82, 2.24) is 0 Å². The van der Waals surface area contributed by atoms with Crippen molar-refractivity contribution in [3.63, 3.8) is 0 Å². The van der Waals surface area contributed by atoms with Crippen molar-refractivity contribution in [3.05, 3.63) is 48.5 Å². The van der Waals surface area contributed by atoms with Crippen LogP contribution in [0, 0.1) is 0 Å². The highest BCUT2D eigenvalue weighted by Gasteiger charge is 2.04. The molecule has 0 saturated carbocycles. The number of benzene rings is 2. The van der Waals surface area contributed by atoms with Crippen LogP contribution in [0.5, 0.6) is 11.5 Å². The Balaban J connectivity index is 1.44. The van der Waals surface area contributed by atoms with Gasteiger partial charge in [-0.3, -0.25) is 9.59 Å². The minimum absolute atomic E-state index is 0.0706. The smallest absolute Gasteiger partial charge is 0.250 e. The van der Waals surface area contributed by atoms with Crippen LogP contribution in [-0.2, 0) is 23.8 Å². The zero-order valence-electron chi connectivity index (χ0n) is 19.1. The molecule has 180 valence electrons. The van der Waals surface area contributed by atoms with Crippen LogP contribution in [0.15, 0.2) is 48.5 Å². The first-order valence-corrected chi connectivity index (χ1v) is 10.9. The van der Waals surface area contributed by atoms with E-state index in [0.717, 1.165) is 11.5 Å². The van der Waals surface area contributed by atoms with Gasteiger partial charge in [-0.1, -0.05) is 0 Å². The monoisotopic (exact) mass is 460 g/mol. The lowest BCUT2D eigenvalue weighted by Gasteiger charge is -2.09. The van der Waals surface area contributed by atoms with Gasteiger partial charge in [0.25, 0.3) is 0 Å². The van der Waals surface area contributed by atoms with E-state index in [1.807, 2.05) is 13.8 Å². The van der Waals surface area contributed by atoms with E-state index in [0.29, 0.717) is 37.8 Å². The SMILES string of the molecule is CCOc1ccc(NC(=O)COCCOCCOCC(=O)Nc2ccc(OCC)cc2)cc1. The molecule has 0 radical (unpaired) electrons. The summed E-state index contributed by atoms with van der Waals surface area (Å²) in [5.74, 6) is 1.00. The minimum Gasteiger partial charge on any atom is -0.494 e. The second-order valence-corrected chi connectivity index (χ2v) is 6.73. The largest absolute Gasteiger partial charge is 0.494 e. The molecule has 2 aromatic carbocycles. The average Bonchev–Trinajstić information content (AvgIpc) is 2.81. The molecule has 0 aliphatic carbocycles. The number of ether oxygens (including phenoxy) is 5. The fourth-order valence-corrected chi connectivity index (χ4v) is 2.66. The van der Waals surface area contributed by atoms with Crippen LogP contribution >= 0.6 is 0 Å². The lowest BCUT2D eigenvalue weighted by molar-refractivity contribution is -0.121. The van der Waals surface area contributed by atoms with Gasteiger partial charge in [-0.05, 0) is 62.4 Å². The first-order valence-electron chi connectivity index (χ1n) is 10.9. The Morgan fingerprint density at radius 1 is 0.606 bits per heavy atom. The van der Waals surface area contributed by atoms with E-state index in [1.54, 1.807) is 48.5 Å². The van der Waals surface area contributed by atoms with Crippen molar-refractivity contribution in [2.24, 2.45) is 0 Å². The van der Waals surface area contributed by atoms with Crippen LogP contribution in [0.25, 0.3) is 0 Å². The summed E-state index contributed by atoms with van der Waals surface area (Å²) in [7, 11) is 0. The lowest BCUT2D eigenvalue weighted by Crippen LogP contribution is -2.21. The number of rotatable bonds is 16. The van der Waals surface area contributed by atoms with Gasteiger partial charge in [0.1, 0.15) is 24.7 Å². The number of carbonyl (C=O) groups is 2. The normalized spacial score (nSPS) is 10.5. The molecule has 0 saturated heterocycles. The van der Waals surface area contributed by atoms with E-state index in [-0.39, 0.29) is 38.2 Å². The molecule has 2 N–H and O–H groups in total. The van der Waals surface area contributed by atoms with E-state index in [4.69, 9.17) is 23.7 Å². The molecular formula is C24H32N2O7. The predicted molar refractivity (Wildman–Crippen MR) is 125 cm³/mol. The molecular weight excluding hydrogens is 428 g/mol. The van der Waals surface area contributed by atoms with Crippen molar-refractivity contribution in [2.45, 2.75) is 13.8 Å². The molecule has 9 nitrogen and oxygen atoms in total. The summed E-state index contributed by atoms with van der Waals surface area (Å²) in [6.07, 6.45) is 0. The summed E-state index contributed by atoms with van der Waals surface area (Å²) in [4.78, 5) is 23.7. The van der Waals surface area contributed by atoms with Crippen LogP contribution in [0.3, 0.4) is 0 Å². The number of hydrogen-bond acceptors (Lipinski definition) is 7. The standard InChI is InChI=1S/C24H32N2O7/c1-3-32-21-9-5-19(6-10-21)25-23(27)17-30-15-13-29-14-16-31-18-24(28)26-20-7-11-22(12-8-20)33-4-2/h5-12H,3-4,13-18H2,1-2H3,(H,25,27)(H,26,28). The van der Waals surface area contributed by atoms with Gasteiger partial charge in [0, 0.05) is 11.4 Å². The third-order valence-electron chi connectivity index (χ3n) is 4.11. The third-order valence-corrected chi connectivity index (χ3v) is 4.11. The van der Waals surface area contributed by atoms with Crippen LogP contribution < -0.4 is 20.1 Å². The Labute approximate surface area is 194 Å². The number of nitrogens with one attached hydrogen (secondary N) is 2. The van der Waals surface area contributed by atoms with Crippen molar-refractivity contribution in [2.75, 3.05) is 63.5 Å². The van der Waals surface area contributed by atoms with E-state index < -0.39 is 0 Å². The zero-order valence-corrected chi connectivity index (χ0v) is 19.1. The summed E-state index contributed by atoms with van der Waals surface area (Å²) in [6.45, 7) is 6.04. The van der Waals surface area contributed by atoms with Gasteiger partial charge in [0.05, 0.1) is 39.6 Å². The minimum atomic E-state index is -0.249. The highest BCUT2D eigenvalue weighted by atomic mass is 16.5. The van der Waals surface area contributed by atoms with Gasteiger partial charge in [0.2, 0.25) is 11.8 Å². The number of amides is 2. The third kappa shape index (κ3) is 11.3. The van der Waals surface area contributed by atoms with E-state index in [2.05, 4.69) is 10.6 Å². The summed E-state index contributed by atoms with van der Waals surface area (Å²) >= 11 is 0. The first kappa shape index (κ1) is 26.1.